The first-order valence-electron chi connectivity index (χ1n) is 14.8. The summed E-state index contributed by atoms with van der Waals surface area (Å²) in [5.41, 5.74) is 5.22. The third-order valence-electron chi connectivity index (χ3n) is 8.28. The monoisotopic (exact) mass is 589 g/mol. The van der Waals surface area contributed by atoms with Crippen molar-refractivity contribution in [2.75, 3.05) is 17.1 Å². The number of hydrogen-bond donors (Lipinski definition) is 1. The molecule has 0 heterocycles. The number of benzene rings is 3. The molecule has 42 heavy (non-hydrogen) atoms. The fourth-order valence-corrected chi connectivity index (χ4v) is 6.41. The molecule has 1 saturated carbocycles. The summed E-state index contributed by atoms with van der Waals surface area (Å²) in [7, 11) is -3.80. The smallest absolute Gasteiger partial charge is 0.244 e. The Kier molecular flexibility index (Phi) is 10.4. The maximum atomic E-state index is 14.3. The van der Waals surface area contributed by atoms with Crippen molar-refractivity contribution in [3.05, 3.63) is 101 Å². The lowest BCUT2D eigenvalue weighted by atomic mass is 9.94. The average molecular weight is 590 g/mol. The van der Waals surface area contributed by atoms with Crippen LogP contribution >= 0.6 is 0 Å². The van der Waals surface area contributed by atoms with Crippen LogP contribution in [-0.2, 0) is 32.6 Å². The number of carbonyl (C=O) groups excluding carboxylic acids is 2. The van der Waals surface area contributed by atoms with E-state index in [1.807, 2.05) is 81.4 Å². The first-order chi connectivity index (χ1) is 20.0. The highest BCUT2D eigenvalue weighted by Gasteiger charge is 2.34. The molecule has 2 amide bonds. The molecule has 4 rings (SSSR count). The molecule has 0 aromatic heterocycles. The molecular formula is C34H43N3O4S. The van der Waals surface area contributed by atoms with E-state index in [-0.39, 0.29) is 18.5 Å². The Labute approximate surface area is 251 Å². The Morgan fingerprint density at radius 1 is 0.857 bits per heavy atom. The summed E-state index contributed by atoms with van der Waals surface area (Å²) >= 11 is 0. The van der Waals surface area contributed by atoms with Gasteiger partial charge in [-0.3, -0.25) is 13.9 Å². The Bertz CT molecular complexity index is 1480. The predicted octanol–water partition coefficient (Wildman–Crippen LogP) is 5.47. The average Bonchev–Trinajstić information content (AvgIpc) is 2.96. The van der Waals surface area contributed by atoms with Gasteiger partial charge in [0.05, 0.1) is 11.9 Å². The number of amides is 2. The van der Waals surface area contributed by atoms with Crippen molar-refractivity contribution in [3.8, 4) is 0 Å². The summed E-state index contributed by atoms with van der Waals surface area (Å²) in [5.74, 6) is -0.633. The summed E-state index contributed by atoms with van der Waals surface area (Å²) in [5, 5.41) is 3.24. The van der Waals surface area contributed by atoms with Gasteiger partial charge in [0.1, 0.15) is 12.6 Å². The Morgan fingerprint density at radius 2 is 1.52 bits per heavy atom. The van der Waals surface area contributed by atoms with Crippen molar-refractivity contribution in [3.63, 3.8) is 0 Å². The summed E-state index contributed by atoms with van der Waals surface area (Å²) in [4.78, 5) is 29.9. The minimum absolute atomic E-state index is 0.0722. The van der Waals surface area contributed by atoms with Gasteiger partial charge in [-0.1, -0.05) is 79.9 Å². The second-order valence-electron chi connectivity index (χ2n) is 11.5. The van der Waals surface area contributed by atoms with Crippen molar-refractivity contribution in [2.45, 2.75) is 77.9 Å². The molecule has 0 radical (unpaired) electrons. The van der Waals surface area contributed by atoms with Crippen molar-refractivity contribution in [1.82, 2.24) is 10.2 Å². The normalized spacial score (nSPS) is 14.7. The largest absolute Gasteiger partial charge is 0.352 e. The van der Waals surface area contributed by atoms with E-state index in [1.165, 1.54) is 0 Å². The third-order valence-corrected chi connectivity index (χ3v) is 9.42. The van der Waals surface area contributed by atoms with Crippen LogP contribution in [0.15, 0.2) is 72.8 Å². The second-order valence-corrected chi connectivity index (χ2v) is 13.4. The first-order valence-corrected chi connectivity index (χ1v) is 16.6. The Balaban J connectivity index is 1.74. The highest BCUT2D eigenvalue weighted by atomic mass is 32.2. The molecule has 1 N–H and O–H groups in total. The van der Waals surface area contributed by atoms with Gasteiger partial charge in [-0.05, 0) is 73.6 Å². The minimum atomic E-state index is -3.80. The van der Waals surface area contributed by atoms with Crippen molar-refractivity contribution in [2.24, 2.45) is 0 Å². The lowest BCUT2D eigenvalue weighted by molar-refractivity contribution is -0.140. The molecule has 0 bridgehead atoms. The van der Waals surface area contributed by atoms with Gasteiger partial charge < -0.3 is 10.2 Å². The molecule has 224 valence electrons. The molecule has 8 heteroatoms. The van der Waals surface area contributed by atoms with Crippen LogP contribution in [0.25, 0.3) is 0 Å². The summed E-state index contributed by atoms with van der Waals surface area (Å²) in [6.45, 7) is 5.63. The van der Waals surface area contributed by atoms with Crippen LogP contribution in [-0.4, -0.2) is 50.0 Å². The molecule has 0 spiro atoms. The van der Waals surface area contributed by atoms with Crippen LogP contribution < -0.4 is 9.62 Å². The Morgan fingerprint density at radius 3 is 2.17 bits per heavy atom. The number of rotatable bonds is 11. The molecule has 7 nitrogen and oxygen atoms in total. The van der Waals surface area contributed by atoms with Crippen molar-refractivity contribution in [1.29, 1.82) is 0 Å². The van der Waals surface area contributed by atoms with E-state index in [2.05, 4.69) is 5.32 Å². The number of carbonyl (C=O) groups is 2. The van der Waals surface area contributed by atoms with Gasteiger partial charge in [-0.15, -0.1) is 0 Å². The van der Waals surface area contributed by atoms with E-state index in [9.17, 15) is 18.0 Å². The van der Waals surface area contributed by atoms with Gasteiger partial charge >= 0.3 is 0 Å². The lowest BCUT2D eigenvalue weighted by Crippen LogP contribution is -2.55. The van der Waals surface area contributed by atoms with Crippen LogP contribution in [0, 0.1) is 20.8 Å². The van der Waals surface area contributed by atoms with Crippen molar-refractivity contribution >= 4 is 27.5 Å². The second kappa shape index (κ2) is 14.0. The number of aryl methyl sites for hydroxylation is 3. The van der Waals surface area contributed by atoms with Crippen LogP contribution in [0.4, 0.5) is 5.69 Å². The van der Waals surface area contributed by atoms with Crippen molar-refractivity contribution < 1.29 is 18.0 Å². The molecule has 1 aliphatic carbocycles. The molecule has 3 aromatic carbocycles. The number of nitrogens with one attached hydrogen (secondary N) is 1. The third kappa shape index (κ3) is 8.22. The van der Waals surface area contributed by atoms with E-state index in [0.29, 0.717) is 12.1 Å². The topological polar surface area (TPSA) is 86.8 Å². The number of sulfonamides is 1. The van der Waals surface area contributed by atoms with Gasteiger partial charge in [-0.2, -0.15) is 0 Å². The molecule has 1 aliphatic rings. The standard InChI is InChI=1S/C34H43N3O4S/c1-25-19-20-31(21-27(25)3)37(42(4,40)41)24-33(38)36(23-29-16-12-11-13-26(29)2)32(22-28-14-7-5-8-15-28)34(39)35-30-17-9-6-10-18-30/h5,7-8,11-16,19-21,30,32H,6,9-10,17-18,22-24H2,1-4H3,(H,35,39)/t32-/m1/s1. The molecule has 0 saturated heterocycles. The van der Waals surface area contributed by atoms with E-state index < -0.39 is 28.5 Å². The number of nitrogens with zero attached hydrogens (tertiary/aromatic N) is 2. The first kappa shape index (κ1) is 31.3. The van der Waals surface area contributed by atoms with E-state index in [1.54, 1.807) is 17.0 Å². The summed E-state index contributed by atoms with van der Waals surface area (Å²) in [6, 6.07) is 22.1. The van der Waals surface area contributed by atoms with E-state index >= 15 is 0 Å². The molecule has 3 aromatic rings. The lowest BCUT2D eigenvalue weighted by Gasteiger charge is -2.35. The number of hydrogen-bond acceptors (Lipinski definition) is 4. The van der Waals surface area contributed by atoms with Crippen LogP contribution in [0.2, 0.25) is 0 Å². The minimum Gasteiger partial charge on any atom is -0.352 e. The van der Waals surface area contributed by atoms with Crippen LogP contribution in [0.1, 0.15) is 59.9 Å². The molecule has 1 atom stereocenters. The zero-order chi connectivity index (χ0) is 30.3. The van der Waals surface area contributed by atoms with Gasteiger partial charge in [0.2, 0.25) is 21.8 Å². The molecule has 0 unspecified atom stereocenters. The van der Waals surface area contributed by atoms with Gasteiger partial charge in [-0.25, -0.2) is 8.42 Å². The van der Waals surface area contributed by atoms with Crippen LogP contribution in [0.3, 0.4) is 0 Å². The molecular weight excluding hydrogens is 546 g/mol. The highest BCUT2D eigenvalue weighted by Crippen LogP contribution is 2.24. The summed E-state index contributed by atoms with van der Waals surface area (Å²) in [6.07, 6.45) is 6.57. The van der Waals surface area contributed by atoms with E-state index in [0.717, 1.165) is 70.5 Å². The SMILES string of the molecule is Cc1ccc(N(CC(=O)N(Cc2ccccc2C)[C@H](Cc2ccccc2)C(=O)NC2CCCCC2)S(C)(=O)=O)cc1C. The molecule has 1 fully saturated rings. The zero-order valence-corrected chi connectivity index (χ0v) is 26.0. The van der Waals surface area contributed by atoms with Gasteiger partial charge in [0.25, 0.3) is 0 Å². The van der Waals surface area contributed by atoms with E-state index in [4.69, 9.17) is 0 Å². The quantitative estimate of drug-likeness (QED) is 0.322. The fraction of sp³-hybridized carbons (Fsp3) is 0.412. The maximum Gasteiger partial charge on any atom is 0.244 e. The van der Waals surface area contributed by atoms with Crippen LogP contribution in [0.5, 0.6) is 0 Å². The fourth-order valence-electron chi connectivity index (χ4n) is 5.56. The Hall–Kier alpha value is -3.65. The molecule has 0 aliphatic heterocycles. The maximum absolute atomic E-state index is 14.3. The summed E-state index contributed by atoms with van der Waals surface area (Å²) < 4.78 is 27.2. The highest BCUT2D eigenvalue weighted by molar-refractivity contribution is 7.92. The predicted molar refractivity (Wildman–Crippen MR) is 169 cm³/mol. The number of anilines is 1. The van der Waals surface area contributed by atoms with Gasteiger partial charge in [0, 0.05) is 19.0 Å². The zero-order valence-electron chi connectivity index (χ0n) is 25.2. The van der Waals surface area contributed by atoms with Gasteiger partial charge in [0.15, 0.2) is 0 Å².